The Morgan fingerprint density at radius 1 is 1.06 bits per heavy atom. The van der Waals surface area contributed by atoms with Gasteiger partial charge in [0.25, 0.3) is 0 Å². The molecular formula is C14H13Cl2NO. The number of aryl methyl sites for hydroxylation is 1. The molecule has 2 nitrogen and oxygen atoms in total. The van der Waals surface area contributed by atoms with E-state index in [0.717, 1.165) is 17.5 Å². The van der Waals surface area contributed by atoms with Crippen molar-refractivity contribution in [2.45, 2.75) is 18.9 Å². The maximum Gasteiger partial charge on any atom is 0.0793 e. The maximum atomic E-state index is 10.1. The van der Waals surface area contributed by atoms with Crippen LogP contribution in [-0.2, 0) is 6.42 Å². The van der Waals surface area contributed by atoms with Crippen LogP contribution < -0.4 is 0 Å². The minimum Gasteiger partial charge on any atom is -0.388 e. The van der Waals surface area contributed by atoms with Gasteiger partial charge < -0.3 is 5.11 Å². The van der Waals surface area contributed by atoms with Gasteiger partial charge in [0.05, 0.1) is 16.1 Å². The summed E-state index contributed by atoms with van der Waals surface area (Å²) in [6, 6.07) is 9.10. The van der Waals surface area contributed by atoms with Crippen LogP contribution in [-0.4, -0.2) is 10.1 Å². The van der Waals surface area contributed by atoms with Crippen LogP contribution in [0.2, 0.25) is 10.0 Å². The van der Waals surface area contributed by atoms with Gasteiger partial charge in [0.1, 0.15) is 0 Å². The number of aliphatic hydroxyl groups is 1. The molecule has 4 heteroatoms. The lowest BCUT2D eigenvalue weighted by Crippen LogP contribution is -1.99. The van der Waals surface area contributed by atoms with Crippen molar-refractivity contribution in [2.24, 2.45) is 0 Å². The second-order valence-corrected chi connectivity index (χ2v) is 4.90. The first kappa shape index (κ1) is 13.3. The van der Waals surface area contributed by atoms with Crippen molar-refractivity contribution in [1.82, 2.24) is 4.98 Å². The zero-order chi connectivity index (χ0) is 13.0. The van der Waals surface area contributed by atoms with E-state index in [1.165, 1.54) is 0 Å². The number of pyridine rings is 1. The van der Waals surface area contributed by atoms with E-state index in [4.69, 9.17) is 23.2 Å². The smallest absolute Gasteiger partial charge is 0.0793 e. The zero-order valence-corrected chi connectivity index (χ0v) is 11.2. The van der Waals surface area contributed by atoms with Crippen molar-refractivity contribution in [3.63, 3.8) is 0 Å². The summed E-state index contributed by atoms with van der Waals surface area (Å²) in [6.07, 6.45) is 4.40. The fourth-order valence-electron chi connectivity index (χ4n) is 1.74. The van der Waals surface area contributed by atoms with Gasteiger partial charge in [-0.05, 0) is 48.2 Å². The molecule has 0 saturated heterocycles. The van der Waals surface area contributed by atoms with Crippen LogP contribution in [0.1, 0.15) is 23.7 Å². The first-order valence-electron chi connectivity index (χ1n) is 5.69. The van der Waals surface area contributed by atoms with Gasteiger partial charge in [-0.2, -0.15) is 0 Å². The summed E-state index contributed by atoms with van der Waals surface area (Å²) in [7, 11) is 0. The summed E-state index contributed by atoms with van der Waals surface area (Å²) in [5.74, 6) is 0. The summed E-state index contributed by atoms with van der Waals surface area (Å²) >= 11 is 11.8. The molecule has 18 heavy (non-hydrogen) atoms. The Kier molecular flexibility index (Phi) is 4.59. The average molecular weight is 282 g/mol. The lowest BCUT2D eigenvalue weighted by molar-refractivity contribution is 0.168. The van der Waals surface area contributed by atoms with E-state index in [-0.39, 0.29) is 0 Å². The largest absolute Gasteiger partial charge is 0.388 e. The van der Waals surface area contributed by atoms with E-state index in [1.54, 1.807) is 30.6 Å². The number of aliphatic hydroxyl groups excluding tert-OH is 1. The average Bonchev–Trinajstić information content (AvgIpc) is 2.40. The minimum atomic E-state index is -0.534. The van der Waals surface area contributed by atoms with Crippen LogP contribution in [0.3, 0.4) is 0 Å². The van der Waals surface area contributed by atoms with Gasteiger partial charge in [0, 0.05) is 12.4 Å². The highest BCUT2D eigenvalue weighted by Gasteiger charge is 2.09. The number of halogens is 2. The highest BCUT2D eigenvalue weighted by Crippen LogP contribution is 2.27. The van der Waals surface area contributed by atoms with Crippen molar-refractivity contribution in [3.05, 3.63) is 63.9 Å². The fourth-order valence-corrected chi connectivity index (χ4v) is 2.05. The second-order valence-electron chi connectivity index (χ2n) is 4.08. The molecule has 2 aromatic rings. The lowest BCUT2D eigenvalue weighted by atomic mass is 10.0. The third-order valence-electron chi connectivity index (χ3n) is 2.78. The quantitative estimate of drug-likeness (QED) is 0.917. The van der Waals surface area contributed by atoms with Crippen LogP contribution >= 0.6 is 23.2 Å². The van der Waals surface area contributed by atoms with Gasteiger partial charge in [0.15, 0.2) is 0 Å². The summed E-state index contributed by atoms with van der Waals surface area (Å²) in [5.41, 5.74) is 1.95. The van der Waals surface area contributed by atoms with E-state index >= 15 is 0 Å². The Morgan fingerprint density at radius 2 is 1.78 bits per heavy atom. The molecule has 1 atom stereocenters. The number of hydrogen-bond acceptors (Lipinski definition) is 2. The number of nitrogens with zero attached hydrogens (tertiary/aromatic N) is 1. The summed E-state index contributed by atoms with van der Waals surface area (Å²) in [4.78, 5) is 3.96. The van der Waals surface area contributed by atoms with Gasteiger partial charge in [-0.3, -0.25) is 4.98 Å². The molecule has 1 aromatic heterocycles. The molecule has 0 bridgehead atoms. The highest BCUT2D eigenvalue weighted by molar-refractivity contribution is 6.42. The second kappa shape index (κ2) is 6.19. The third kappa shape index (κ3) is 3.45. The zero-order valence-electron chi connectivity index (χ0n) is 9.68. The maximum absolute atomic E-state index is 10.1. The molecule has 2 rings (SSSR count). The van der Waals surface area contributed by atoms with E-state index in [2.05, 4.69) is 4.98 Å². The van der Waals surface area contributed by atoms with Gasteiger partial charge >= 0.3 is 0 Å². The molecule has 0 saturated carbocycles. The fraction of sp³-hybridized carbons (Fsp3) is 0.214. The minimum absolute atomic E-state index is 0.470. The van der Waals surface area contributed by atoms with Crippen LogP contribution in [0, 0.1) is 0 Å². The molecule has 1 unspecified atom stereocenters. The molecular weight excluding hydrogens is 269 g/mol. The highest BCUT2D eigenvalue weighted by atomic mass is 35.5. The van der Waals surface area contributed by atoms with Crippen molar-refractivity contribution in [1.29, 1.82) is 0 Å². The first-order chi connectivity index (χ1) is 8.66. The SMILES string of the molecule is OC(CCc1ccncc1)c1ccc(Cl)c(Cl)c1. The van der Waals surface area contributed by atoms with Crippen LogP contribution in [0.4, 0.5) is 0 Å². The van der Waals surface area contributed by atoms with Gasteiger partial charge in [-0.25, -0.2) is 0 Å². The van der Waals surface area contributed by atoms with E-state index in [1.807, 2.05) is 12.1 Å². The van der Waals surface area contributed by atoms with Gasteiger partial charge in [-0.1, -0.05) is 29.3 Å². The topological polar surface area (TPSA) is 33.1 Å². The van der Waals surface area contributed by atoms with E-state index in [9.17, 15) is 5.11 Å². The lowest BCUT2D eigenvalue weighted by Gasteiger charge is -2.11. The molecule has 0 radical (unpaired) electrons. The molecule has 0 aliphatic carbocycles. The molecule has 0 fully saturated rings. The third-order valence-corrected chi connectivity index (χ3v) is 3.52. The summed E-state index contributed by atoms with van der Waals surface area (Å²) < 4.78 is 0. The van der Waals surface area contributed by atoms with Crippen molar-refractivity contribution in [3.8, 4) is 0 Å². The van der Waals surface area contributed by atoms with E-state index < -0.39 is 6.10 Å². The summed E-state index contributed by atoms with van der Waals surface area (Å²) in [6.45, 7) is 0. The van der Waals surface area contributed by atoms with Gasteiger partial charge in [0.2, 0.25) is 0 Å². The Labute approximate surface area is 116 Å². The van der Waals surface area contributed by atoms with Crippen molar-refractivity contribution >= 4 is 23.2 Å². The van der Waals surface area contributed by atoms with Gasteiger partial charge in [-0.15, -0.1) is 0 Å². The van der Waals surface area contributed by atoms with Crippen LogP contribution in [0.25, 0.3) is 0 Å². The van der Waals surface area contributed by atoms with Crippen molar-refractivity contribution < 1.29 is 5.11 Å². The number of aromatic nitrogens is 1. The monoisotopic (exact) mass is 281 g/mol. The number of hydrogen-bond donors (Lipinski definition) is 1. The van der Waals surface area contributed by atoms with Crippen molar-refractivity contribution in [2.75, 3.05) is 0 Å². The molecule has 94 valence electrons. The van der Waals surface area contributed by atoms with Crippen LogP contribution in [0.5, 0.6) is 0 Å². The number of benzene rings is 1. The van der Waals surface area contributed by atoms with E-state index in [0.29, 0.717) is 16.5 Å². The Hall–Kier alpha value is -1.09. The summed E-state index contributed by atoms with van der Waals surface area (Å²) in [5, 5.41) is 11.1. The number of rotatable bonds is 4. The molecule has 0 aliphatic heterocycles. The molecule has 1 aromatic carbocycles. The Bertz CT molecular complexity index is 516. The normalized spacial score (nSPS) is 12.4. The molecule has 1 N–H and O–H groups in total. The molecule has 0 aliphatic rings. The molecule has 1 heterocycles. The first-order valence-corrected chi connectivity index (χ1v) is 6.44. The van der Waals surface area contributed by atoms with Crippen LogP contribution in [0.15, 0.2) is 42.7 Å². The predicted octanol–water partition coefficient (Wildman–Crippen LogP) is 4.05. The molecule has 0 amide bonds. The Morgan fingerprint density at radius 3 is 2.44 bits per heavy atom. The Balaban J connectivity index is 1.99. The standard InChI is InChI=1S/C14H13Cl2NO/c15-12-3-2-11(9-13(12)16)14(18)4-1-10-5-7-17-8-6-10/h2-3,5-9,14,18H,1,4H2. The predicted molar refractivity (Wildman–Crippen MR) is 74.0 cm³/mol. The molecule has 0 spiro atoms.